The molecule has 0 aliphatic heterocycles. The molecular weight excluding hydrogens is 304 g/mol. The number of rotatable bonds is 8. The van der Waals surface area contributed by atoms with Crippen LogP contribution in [0.3, 0.4) is 0 Å². The Bertz CT molecular complexity index is 608. The van der Waals surface area contributed by atoms with Gasteiger partial charge in [-0.1, -0.05) is 62.2 Å². The third-order valence-corrected chi connectivity index (χ3v) is 5.20. The van der Waals surface area contributed by atoms with Gasteiger partial charge in [0.1, 0.15) is 5.75 Å². The highest BCUT2D eigenvalue weighted by Crippen LogP contribution is 2.32. The van der Waals surface area contributed by atoms with Gasteiger partial charge in [0.25, 0.3) is 0 Å². The van der Waals surface area contributed by atoms with Gasteiger partial charge in [-0.05, 0) is 60.4 Å². The molecule has 0 aliphatic carbocycles. The maximum Gasteiger partial charge on any atom is 0.119 e. The van der Waals surface area contributed by atoms with Crippen LogP contribution in [0.4, 0.5) is 0 Å². The summed E-state index contributed by atoms with van der Waals surface area (Å²) in [5, 5.41) is 0.890. The van der Waals surface area contributed by atoms with Crippen LogP contribution >= 0.6 is 11.6 Å². The van der Waals surface area contributed by atoms with Gasteiger partial charge in [-0.2, -0.15) is 0 Å². The standard InChI is InChI=1S/C21H27ClO/c1-4-17(10-7-11-18-9-5-6-14-21(18)22)16(2)19-12-8-13-20(15-19)23-3/h5-6,8-9,12-17H,4,7,10-11H2,1-3H3/t16-,17?/m1/s1. The van der Waals surface area contributed by atoms with E-state index in [0.717, 1.165) is 17.2 Å². The van der Waals surface area contributed by atoms with E-state index in [0.29, 0.717) is 11.8 Å². The van der Waals surface area contributed by atoms with Crippen molar-refractivity contribution in [3.63, 3.8) is 0 Å². The van der Waals surface area contributed by atoms with Crippen LogP contribution in [0.15, 0.2) is 48.5 Å². The Hall–Kier alpha value is -1.47. The largest absolute Gasteiger partial charge is 0.497 e. The summed E-state index contributed by atoms with van der Waals surface area (Å²) < 4.78 is 5.36. The highest BCUT2D eigenvalue weighted by atomic mass is 35.5. The molecule has 1 nitrogen and oxygen atoms in total. The van der Waals surface area contributed by atoms with Gasteiger partial charge >= 0.3 is 0 Å². The van der Waals surface area contributed by atoms with E-state index in [1.165, 1.54) is 30.4 Å². The van der Waals surface area contributed by atoms with E-state index in [9.17, 15) is 0 Å². The molecule has 2 aromatic carbocycles. The smallest absolute Gasteiger partial charge is 0.119 e. The minimum atomic E-state index is 0.543. The lowest BCUT2D eigenvalue weighted by Gasteiger charge is -2.23. The molecule has 0 aliphatic rings. The second kappa shape index (κ2) is 8.98. The van der Waals surface area contributed by atoms with Crippen molar-refractivity contribution in [1.82, 2.24) is 0 Å². The van der Waals surface area contributed by atoms with E-state index in [4.69, 9.17) is 16.3 Å². The summed E-state index contributed by atoms with van der Waals surface area (Å²) in [6.45, 7) is 4.62. The van der Waals surface area contributed by atoms with Crippen LogP contribution in [0, 0.1) is 5.92 Å². The summed E-state index contributed by atoms with van der Waals surface area (Å²) in [4.78, 5) is 0. The maximum atomic E-state index is 6.25. The Labute approximate surface area is 145 Å². The average molecular weight is 331 g/mol. The molecule has 0 bridgehead atoms. The van der Waals surface area contributed by atoms with Crippen LogP contribution in [0.25, 0.3) is 0 Å². The Morgan fingerprint density at radius 1 is 1.09 bits per heavy atom. The van der Waals surface area contributed by atoms with Crippen LogP contribution in [0.2, 0.25) is 5.02 Å². The van der Waals surface area contributed by atoms with Crippen LogP contribution in [-0.2, 0) is 6.42 Å². The van der Waals surface area contributed by atoms with Crippen LogP contribution in [-0.4, -0.2) is 7.11 Å². The van der Waals surface area contributed by atoms with Gasteiger partial charge in [-0.15, -0.1) is 0 Å². The van der Waals surface area contributed by atoms with E-state index in [2.05, 4.69) is 44.2 Å². The normalized spacial score (nSPS) is 13.6. The Morgan fingerprint density at radius 2 is 1.87 bits per heavy atom. The molecular formula is C21H27ClO. The molecule has 0 aromatic heterocycles. The molecule has 1 unspecified atom stereocenters. The Kier molecular flexibility index (Phi) is 6.98. The minimum absolute atomic E-state index is 0.543. The molecule has 23 heavy (non-hydrogen) atoms. The summed E-state index contributed by atoms with van der Waals surface area (Å²) in [6.07, 6.45) is 4.65. The van der Waals surface area contributed by atoms with Gasteiger partial charge < -0.3 is 4.74 Å². The number of hydrogen-bond donors (Lipinski definition) is 0. The Balaban J connectivity index is 1.95. The van der Waals surface area contributed by atoms with Gasteiger partial charge in [0, 0.05) is 5.02 Å². The first-order chi connectivity index (χ1) is 11.2. The van der Waals surface area contributed by atoms with Gasteiger partial charge in [-0.25, -0.2) is 0 Å². The van der Waals surface area contributed by atoms with Crippen molar-refractivity contribution >= 4 is 11.6 Å². The first-order valence-corrected chi connectivity index (χ1v) is 8.90. The number of methoxy groups -OCH3 is 1. The lowest BCUT2D eigenvalue weighted by molar-refractivity contribution is 0.387. The van der Waals surface area contributed by atoms with E-state index >= 15 is 0 Å². The fourth-order valence-corrected chi connectivity index (χ4v) is 3.49. The first-order valence-electron chi connectivity index (χ1n) is 8.53. The zero-order valence-electron chi connectivity index (χ0n) is 14.4. The van der Waals surface area contributed by atoms with Crippen LogP contribution in [0.1, 0.15) is 50.2 Å². The molecule has 2 aromatic rings. The van der Waals surface area contributed by atoms with Crippen LogP contribution < -0.4 is 4.74 Å². The monoisotopic (exact) mass is 330 g/mol. The number of aryl methyl sites for hydroxylation is 1. The van der Waals surface area contributed by atoms with Crippen molar-refractivity contribution in [1.29, 1.82) is 0 Å². The van der Waals surface area contributed by atoms with Gasteiger partial charge in [0.2, 0.25) is 0 Å². The quantitative estimate of drug-likeness (QED) is 0.536. The van der Waals surface area contributed by atoms with Crippen molar-refractivity contribution < 1.29 is 4.74 Å². The molecule has 2 heteroatoms. The molecule has 2 atom stereocenters. The zero-order valence-corrected chi connectivity index (χ0v) is 15.1. The highest BCUT2D eigenvalue weighted by molar-refractivity contribution is 6.31. The lowest BCUT2D eigenvalue weighted by Crippen LogP contribution is -2.10. The molecule has 0 radical (unpaired) electrons. The third-order valence-electron chi connectivity index (χ3n) is 4.83. The molecule has 2 rings (SSSR count). The Morgan fingerprint density at radius 3 is 2.57 bits per heavy atom. The lowest BCUT2D eigenvalue weighted by atomic mass is 9.82. The molecule has 0 fully saturated rings. The van der Waals surface area contributed by atoms with Crippen molar-refractivity contribution in [2.45, 2.75) is 45.4 Å². The molecule has 0 heterocycles. The SMILES string of the molecule is CCC(CCCc1ccccc1Cl)[C@@H](C)c1cccc(OC)c1. The minimum Gasteiger partial charge on any atom is -0.497 e. The predicted molar refractivity (Wildman–Crippen MR) is 99.6 cm³/mol. The van der Waals surface area contributed by atoms with Gasteiger partial charge in [-0.3, -0.25) is 0 Å². The van der Waals surface area contributed by atoms with Gasteiger partial charge in [0.15, 0.2) is 0 Å². The van der Waals surface area contributed by atoms with E-state index < -0.39 is 0 Å². The molecule has 0 saturated carbocycles. The van der Waals surface area contributed by atoms with Crippen molar-refractivity contribution in [3.05, 3.63) is 64.7 Å². The van der Waals surface area contributed by atoms with Crippen molar-refractivity contribution in [3.8, 4) is 5.75 Å². The second-order valence-electron chi connectivity index (χ2n) is 6.22. The topological polar surface area (TPSA) is 9.23 Å². The second-order valence-corrected chi connectivity index (χ2v) is 6.62. The molecule has 0 N–H and O–H groups in total. The highest BCUT2D eigenvalue weighted by Gasteiger charge is 2.17. The number of hydrogen-bond acceptors (Lipinski definition) is 1. The summed E-state index contributed by atoms with van der Waals surface area (Å²) in [6, 6.07) is 16.6. The van der Waals surface area contributed by atoms with Crippen LogP contribution in [0.5, 0.6) is 5.75 Å². The molecule has 124 valence electrons. The van der Waals surface area contributed by atoms with Crippen molar-refractivity contribution in [2.75, 3.05) is 7.11 Å². The zero-order chi connectivity index (χ0) is 16.7. The van der Waals surface area contributed by atoms with E-state index in [-0.39, 0.29) is 0 Å². The summed E-state index contributed by atoms with van der Waals surface area (Å²) in [7, 11) is 1.73. The number of benzene rings is 2. The number of ether oxygens (including phenoxy) is 1. The van der Waals surface area contributed by atoms with Gasteiger partial charge in [0.05, 0.1) is 7.11 Å². The van der Waals surface area contributed by atoms with Crippen molar-refractivity contribution in [2.24, 2.45) is 5.92 Å². The fourth-order valence-electron chi connectivity index (χ4n) is 3.26. The first kappa shape index (κ1) is 17.9. The summed E-state index contributed by atoms with van der Waals surface area (Å²) in [5.41, 5.74) is 2.63. The predicted octanol–water partition coefficient (Wildman–Crippen LogP) is 6.50. The summed E-state index contributed by atoms with van der Waals surface area (Å²) >= 11 is 6.25. The number of halogens is 1. The van der Waals surface area contributed by atoms with E-state index in [1.54, 1.807) is 7.11 Å². The molecule has 0 saturated heterocycles. The summed E-state index contributed by atoms with van der Waals surface area (Å²) in [5.74, 6) is 2.17. The molecule has 0 spiro atoms. The van der Waals surface area contributed by atoms with E-state index in [1.807, 2.05) is 18.2 Å². The third kappa shape index (κ3) is 5.00. The maximum absolute atomic E-state index is 6.25. The average Bonchev–Trinajstić information content (AvgIpc) is 2.59. The molecule has 0 amide bonds. The fraction of sp³-hybridized carbons (Fsp3) is 0.429.